The zero-order valence-electron chi connectivity index (χ0n) is 8.22. The molecule has 0 aliphatic heterocycles. The fourth-order valence-corrected chi connectivity index (χ4v) is 1.51. The third-order valence-corrected chi connectivity index (χ3v) is 2.51. The molecule has 1 heterocycles. The van der Waals surface area contributed by atoms with Crippen molar-refractivity contribution in [1.82, 2.24) is 9.97 Å². The van der Waals surface area contributed by atoms with Gasteiger partial charge in [0.2, 0.25) is 0 Å². The van der Waals surface area contributed by atoms with Crippen LogP contribution in [0.2, 0.25) is 0 Å². The Bertz CT molecular complexity index is 441. The lowest BCUT2D eigenvalue weighted by Crippen LogP contribution is -2.26. The monoisotopic (exact) mass is 216 g/mol. The highest BCUT2D eigenvalue weighted by Crippen LogP contribution is 2.12. The van der Waals surface area contributed by atoms with E-state index in [0.717, 1.165) is 6.26 Å². The summed E-state index contributed by atoms with van der Waals surface area (Å²) < 4.78 is 22.4. The van der Waals surface area contributed by atoms with E-state index in [1.54, 1.807) is 14.0 Å². The Morgan fingerprint density at radius 3 is 2.43 bits per heavy atom. The number of hydrazine groups is 1. The maximum absolute atomic E-state index is 11.2. The predicted octanol–water partition coefficient (Wildman–Crippen LogP) is -0.502. The summed E-state index contributed by atoms with van der Waals surface area (Å²) in [6.45, 7) is 1.61. The smallest absolute Gasteiger partial charge is 0.192 e. The Morgan fingerprint density at radius 2 is 2.00 bits per heavy atom. The van der Waals surface area contributed by atoms with Crippen LogP contribution in [0.1, 0.15) is 5.82 Å². The largest absolute Gasteiger partial charge is 0.298 e. The molecule has 0 radical (unpaired) electrons. The van der Waals surface area contributed by atoms with Crippen LogP contribution in [0.5, 0.6) is 0 Å². The van der Waals surface area contributed by atoms with Crippen LogP contribution in [0.15, 0.2) is 11.1 Å². The Balaban J connectivity index is 3.35. The average Bonchev–Trinajstić information content (AvgIpc) is 2.01. The molecule has 0 saturated heterocycles. The zero-order valence-corrected chi connectivity index (χ0v) is 9.04. The van der Waals surface area contributed by atoms with Gasteiger partial charge < -0.3 is 0 Å². The van der Waals surface area contributed by atoms with Gasteiger partial charge in [0, 0.05) is 19.4 Å². The van der Waals surface area contributed by atoms with Gasteiger partial charge in [-0.3, -0.25) is 5.01 Å². The van der Waals surface area contributed by atoms with Crippen LogP contribution in [0.4, 0.5) is 5.82 Å². The predicted molar refractivity (Wildman–Crippen MR) is 52.5 cm³/mol. The fourth-order valence-electron chi connectivity index (χ4n) is 0.896. The number of rotatable bonds is 2. The van der Waals surface area contributed by atoms with Crippen molar-refractivity contribution < 1.29 is 8.42 Å². The molecule has 0 bridgehead atoms. The molecule has 0 amide bonds. The minimum absolute atomic E-state index is 0.0164. The van der Waals surface area contributed by atoms with Gasteiger partial charge >= 0.3 is 0 Å². The molecule has 1 aromatic rings. The van der Waals surface area contributed by atoms with E-state index >= 15 is 0 Å². The molecule has 0 aromatic carbocycles. The van der Waals surface area contributed by atoms with Crippen LogP contribution < -0.4 is 10.9 Å². The summed E-state index contributed by atoms with van der Waals surface area (Å²) in [7, 11) is -1.74. The van der Waals surface area contributed by atoms with E-state index in [2.05, 4.69) is 9.97 Å². The Morgan fingerprint density at radius 1 is 1.43 bits per heavy atom. The van der Waals surface area contributed by atoms with E-state index < -0.39 is 9.84 Å². The second-order valence-corrected chi connectivity index (χ2v) is 4.96. The minimum atomic E-state index is -3.31. The first-order valence-electron chi connectivity index (χ1n) is 3.85. The van der Waals surface area contributed by atoms with Gasteiger partial charge in [-0.1, -0.05) is 0 Å². The van der Waals surface area contributed by atoms with Crippen molar-refractivity contribution in [2.45, 2.75) is 11.9 Å². The van der Waals surface area contributed by atoms with Crippen molar-refractivity contribution in [3.63, 3.8) is 0 Å². The maximum atomic E-state index is 11.2. The number of nitrogens with zero attached hydrogens (tertiary/aromatic N) is 3. The first-order chi connectivity index (χ1) is 6.30. The van der Waals surface area contributed by atoms with E-state index in [9.17, 15) is 8.42 Å². The number of aryl methyl sites for hydroxylation is 1. The van der Waals surface area contributed by atoms with E-state index in [0.29, 0.717) is 11.6 Å². The molecule has 0 atom stereocenters. The Hall–Kier alpha value is -1.21. The van der Waals surface area contributed by atoms with Gasteiger partial charge in [0.25, 0.3) is 0 Å². The third-order valence-electron chi connectivity index (χ3n) is 1.54. The molecule has 0 aliphatic carbocycles. The summed E-state index contributed by atoms with van der Waals surface area (Å²) in [4.78, 5) is 7.78. The SMILES string of the molecule is Cc1nc(N(C)N)cc(S(C)(=O)=O)n1. The molecule has 0 spiro atoms. The molecule has 0 unspecified atom stereocenters. The molecule has 0 fully saturated rings. The highest BCUT2D eigenvalue weighted by Gasteiger charge is 2.12. The zero-order chi connectivity index (χ0) is 10.9. The normalized spacial score (nSPS) is 11.4. The standard InChI is InChI=1S/C7H12N4O2S/c1-5-9-6(11(2)8)4-7(10-5)14(3,12)13/h4H,8H2,1-3H3. The third kappa shape index (κ3) is 2.39. The summed E-state index contributed by atoms with van der Waals surface area (Å²) in [5.74, 6) is 6.19. The lowest BCUT2D eigenvalue weighted by Gasteiger charge is -2.11. The molecule has 0 saturated carbocycles. The van der Waals surface area contributed by atoms with Crippen molar-refractivity contribution in [2.75, 3.05) is 18.3 Å². The topological polar surface area (TPSA) is 89.2 Å². The molecule has 6 nitrogen and oxygen atoms in total. The molecular weight excluding hydrogens is 204 g/mol. The number of nitrogens with two attached hydrogens (primary N) is 1. The van der Waals surface area contributed by atoms with Gasteiger partial charge in [-0.05, 0) is 6.92 Å². The average molecular weight is 216 g/mol. The highest BCUT2D eigenvalue weighted by molar-refractivity contribution is 7.90. The van der Waals surface area contributed by atoms with Crippen LogP contribution in [0.25, 0.3) is 0 Å². The van der Waals surface area contributed by atoms with Crippen molar-refractivity contribution >= 4 is 15.7 Å². The van der Waals surface area contributed by atoms with Gasteiger partial charge in [-0.2, -0.15) is 0 Å². The molecule has 0 aliphatic rings. The lowest BCUT2D eigenvalue weighted by molar-refractivity contribution is 0.597. The first-order valence-corrected chi connectivity index (χ1v) is 5.74. The first kappa shape index (κ1) is 10.9. The summed E-state index contributed by atoms with van der Waals surface area (Å²) in [6.07, 6.45) is 1.09. The van der Waals surface area contributed by atoms with Gasteiger partial charge in [-0.15, -0.1) is 0 Å². The second kappa shape index (κ2) is 3.50. The van der Waals surface area contributed by atoms with Gasteiger partial charge in [0.05, 0.1) is 0 Å². The number of sulfone groups is 1. The Kier molecular flexibility index (Phi) is 2.72. The minimum Gasteiger partial charge on any atom is -0.298 e. The fraction of sp³-hybridized carbons (Fsp3) is 0.429. The van der Waals surface area contributed by atoms with Crippen LogP contribution in [-0.4, -0.2) is 31.7 Å². The molecule has 1 aromatic heterocycles. The van der Waals surface area contributed by atoms with Crippen molar-refractivity contribution in [1.29, 1.82) is 0 Å². The maximum Gasteiger partial charge on any atom is 0.192 e. The summed E-state index contributed by atoms with van der Waals surface area (Å²) in [5, 5.41) is 1.22. The molecule has 7 heteroatoms. The molecule has 14 heavy (non-hydrogen) atoms. The molecule has 2 N–H and O–H groups in total. The van der Waals surface area contributed by atoms with E-state index in [1.807, 2.05) is 0 Å². The van der Waals surface area contributed by atoms with Gasteiger partial charge in [0.15, 0.2) is 14.9 Å². The molecule has 1 rings (SSSR count). The second-order valence-electron chi connectivity index (χ2n) is 2.99. The van der Waals surface area contributed by atoms with Gasteiger partial charge in [0.1, 0.15) is 11.6 Å². The van der Waals surface area contributed by atoms with E-state index in [-0.39, 0.29) is 5.03 Å². The van der Waals surface area contributed by atoms with Crippen LogP contribution in [0.3, 0.4) is 0 Å². The summed E-state index contributed by atoms with van der Waals surface area (Å²) >= 11 is 0. The Labute approximate surface area is 82.7 Å². The summed E-state index contributed by atoms with van der Waals surface area (Å²) in [5.41, 5.74) is 0. The van der Waals surface area contributed by atoms with Crippen LogP contribution in [-0.2, 0) is 9.84 Å². The quantitative estimate of drug-likeness (QED) is 0.407. The number of hydrogen-bond acceptors (Lipinski definition) is 6. The molecule has 78 valence electrons. The van der Waals surface area contributed by atoms with Gasteiger partial charge in [-0.25, -0.2) is 24.2 Å². The number of aromatic nitrogens is 2. The number of anilines is 1. The van der Waals surface area contributed by atoms with Crippen molar-refractivity contribution in [2.24, 2.45) is 5.84 Å². The summed E-state index contributed by atoms with van der Waals surface area (Å²) in [6, 6.07) is 1.34. The van der Waals surface area contributed by atoms with Crippen LogP contribution in [0, 0.1) is 6.92 Å². The lowest BCUT2D eigenvalue weighted by atomic mass is 10.5. The van der Waals surface area contributed by atoms with Crippen molar-refractivity contribution in [3.8, 4) is 0 Å². The highest BCUT2D eigenvalue weighted by atomic mass is 32.2. The van der Waals surface area contributed by atoms with E-state index in [4.69, 9.17) is 5.84 Å². The number of hydrogen-bond donors (Lipinski definition) is 1. The molecular formula is C7H12N4O2S. The van der Waals surface area contributed by atoms with E-state index in [1.165, 1.54) is 11.1 Å². The van der Waals surface area contributed by atoms with Crippen LogP contribution >= 0.6 is 0 Å². The van der Waals surface area contributed by atoms with Crippen molar-refractivity contribution in [3.05, 3.63) is 11.9 Å².